The molecule has 2 aromatic carbocycles. The van der Waals surface area contributed by atoms with Crippen LogP contribution in [0.2, 0.25) is 0 Å². The number of hydrogen-bond donors (Lipinski definition) is 1. The van der Waals surface area contributed by atoms with Crippen LogP contribution in [0.1, 0.15) is 37.8 Å². The Balaban J connectivity index is 1.13. The molecule has 9 nitrogen and oxygen atoms in total. The molecule has 0 aliphatic carbocycles. The van der Waals surface area contributed by atoms with Gasteiger partial charge in [0.1, 0.15) is 17.9 Å². The summed E-state index contributed by atoms with van der Waals surface area (Å²) in [7, 11) is 2.22. The smallest absolute Gasteiger partial charge is 0.158 e. The van der Waals surface area contributed by atoms with Gasteiger partial charge in [0.15, 0.2) is 5.82 Å². The summed E-state index contributed by atoms with van der Waals surface area (Å²) in [5.74, 6) is 2.27. The van der Waals surface area contributed by atoms with Crippen molar-refractivity contribution in [1.82, 2.24) is 19.8 Å². The maximum absolute atomic E-state index is 6.09. The number of anilines is 4. The number of piperazine rings is 1. The van der Waals surface area contributed by atoms with Crippen molar-refractivity contribution < 1.29 is 9.57 Å². The first-order valence-corrected chi connectivity index (χ1v) is 14.7. The fourth-order valence-electron chi connectivity index (χ4n) is 6.11. The van der Waals surface area contributed by atoms with Gasteiger partial charge in [-0.05, 0) is 44.5 Å². The topological polar surface area (TPSA) is 69.2 Å². The Hall–Kier alpha value is -3.40. The van der Waals surface area contributed by atoms with Crippen LogP contribution in [-0.4, -0.2) is 85.3 Å². The third-order valence-corrected chi connectivity index (χ3v) is 8.38. The molecule has 0 unspecified atom stereocenters. The van der Waals surface area contributed by atoms with E-state index in [0.717, 1.165) is 36.8 Å². The molecule has 0 spiro atoms. The number of nitrogens with one attached hydrogen (secondary N) is 1. The van der Waals surface area contributed by atoms with E-state index in [4.69, 9.17) is 9.57 Å². The third kappa shape index (κ3) is 6.01. The molecule has 0 amide bonds. The second-order valence-corrected chi connectivity index (χ2v) is 10.9. The zero-order chi connectivity index (χ0) is 27.3. The first-order chi connectivity index (χ1) is 19.7. The molecule has 3 aliphatic heterocycles. The lowest BCUT2D eigenvalue weighted by Crippen LogP contribution is -2.52. The van der Waals surface area contributed by atoms with Gasteiger partial charge < -0.3 is 19.9 Å². The van der Waals surface area contributed by atoms with Crippen LogP contribution in [0.4, 0.5) is 23.0 Å². The van der Waals surface area contributed by atoms with Crippen LogP contribution < -0.4 is 20.0 Å². The van der Waals surface area contributed by atoms with Gasteiger partial charge in [-0.25, -0.2) is 15.0 Å². The van der Waals surface area contributed by atoms with Crippen LogP contribution in [0.3, 0.4) is 0 Å². The highest BCUT2D eigenvalue weighted by molar-refractivity contribution is 5.70. The number of hydrogen-bond acceptors (Lipinski definition) is 9. The molecule has 3 aliphatic rings. The number of aromatic nitrogens is 2. The van der Waals surface area contributed by atoms with Gasteiger partial charge in [-0.1, -0.05) is 30.3 Å². The lowest BCUT2D eigenvalue weighted by atomic mass is 10.0. The van der Waals surface area contributed by atoms with E-state index in [1.807, 2.05) is 24.1 Å². The third-order valence-electron chi connectivity index (χ3n) is 8.38. The van der Waals surface area contributed by atoms with E-state index in [0.29, 0.717) is 25.1 Å². The average Bonchev–Trinajstić information content (AvgIpc) is 3.50. The molecule has 0 radical (unpaired) electrons. The van der Waals surface area contributed by atoms with E-state index in [9.17, 15) is 0 Å². The number of ether oxygens (including phenoxy) is 1. The van der Waals surface area contributed by atoms with Crippen molar-refractivity contribution in [3.8, 4) is 5.75 Å². The maximum atomic E-state index is 6.09. The SMILES string of the molecule is CCOc1cc(N2CCC(N3CCN(C)CC3)CC2)ccc1Nc1cc(N2OCC[C@@H]2c2ccccc2)ncn1. The van der Waals surface area contributed by atoms with Crippen molar-refractivity contribution in [2.45, 2.75) is 38.3 Å². The van der Waals surface area contributed by atoms with Gasteiger partial charge in [-0.2, -0.15) is 0 Å². The molecule has 0 saturated carbocycles. The Bertz CT molecular complexity index is 1240. The highest BCUT2D eigenvalue weighted by atomic mass is 16.7. The second kappa shape index (κ2) is 12.4. The molecule has 9 heteroatoms. The van der Waals surface area contributed by atoms with Gasteiger partial charge in [0.05, 0.1) is 24.9 Å². The molecular weight excluding hydrogens is 502 g/mol. The van der Waals surface area contributed by atoms with Crippen molar-refractivity contribution >= 4 is 23.0 Å². The molecule has 4 heterocycles. The summed E-state index contributed by atoms with van der Waals surface area (Å²) in [6.45, 7) is 10.2. The Kier molecular flexibility index (Phi) is 8.32. The van der Waals surface area contributed by atoms with Crippen molar-refractivity contribution in [2.24, 2.45) is 0 Å². The highest BCUT2D eigenvalue weighted by Crippen LogP contribution is 2.36. The van der Waals surface area contributed by atoms with Crippen LogP contribution in [0.15, 0.2) is 60.9 Å². The van der Waals surface area contributed by atoms with E-state index in [1.54, 1.807) is 6.33 Å². The van der Waals surface area contributed by atoms with Gasteiger partial charge in [0, 0.05) is 69.6 Å². The van der Waals surface area contributed by atoms with Gasteiger partial charge in [0.25, 0.3) is 0 Å². The molecule has 1 atom stereocenters. The number of likely N-dealkylation sites (N-methyl/N-ethyl adjacent to an activating group) is 1. The highest BCUT2D eigenvalue weighted by Gasteiger charge is 2.29. The summed E-state index contributed by atoms with van der Waals surface area (Å²) in [6, 6.07) is 19.7. The Morgan fingerprint density at radius 3 is 2.50 bits per heavy atom. The van der Waals surface area contributed by atoms with Gasteiger partial charge >= 0.3 is 0 Å². The Labute approximate surface area is 237 Å². The fraction of sp³-hybridized carbons (Fsp3) is 0.484. The fourth-order valence-corrected chi connectivity index (χ4v) is 6.11. The lowest BCUT2D eigenvalue weighted by Gasteiger charge is -2.42. The lowest BCUT2D eigenvalue weighted by molar-refractivity contribution is 0.0982. The maximum Gasteiger partial charge on any atom is 0.158 e. The molecule has 6 rings (SSSR count). The summed E-state index contributed by atoms with van der Waals surface area (Å²) in [5.41, 5.74) is 3.32. The van der Waals surface area contributed by atoms with E-state index < -0.39 is 0 Å². The quantitative estimate of drug-likeness (QED) is 0.435. The molecule has 1 N–H and O–H groups in total. The van der Waals surface area contributed by atoms with E-state index in [2.05, 4.69) is 79.5 Å². The zero-order valence-electron chi connectivity index (χ0n) is 23.7. The van der Waals surface area contributed by atoms with E-state index in [-0.39, 0.29) is 6.04 Å². The molecule has 3 aromatic rings. The second-order valence-electron chi connectivity index (χ2n) is 10.9. The molecule has 3 fully saturated rings. The predicted molar refractivity (Wildman–Crippen MR) is 159 cm³/mol. The summed E-state index contributed by atoms with van der Waals surface area (Å²) in [4.78, 5) is 22.6. The molecule has 40 heavy (non-hydrogen) atoms. The number of piperidine rings is 1. The molecule has 212 valence electrons. The van der Waals surface area contributed by atoms with Crippen molar-refractivity contribution in [3.63, 3.8) is 0 Å². The van der Waals surface area contributed by atoms with Crippen LogP contribution in [-0.2, 0) is 4.84 Å². The van der Waals surface area contributed by atoms with Crippen LogP contribution in [0.5, 0.6) is 5.75 Å². The minimum absolute atomic E-state index is 0.127. The van der Waals surface area contributed by atoms with Crippen LogP contribution in [0.25, 0.3) is 0 Å². The summed E-state index contributed by atoms with van der Waals surface area (Å²) in [5, 5.41) is 5.38. The number of nitrogens with zero attached hydrogens (tertiary/aromatic N) is 6. The standard InChI is InChI=1S/C31H41N7O2/c1-3-39-29-21-26(36-14-11-25(12-15-36)37-18-16-35(2)17-19-37)9-10-27(29)34-30-22-31(33-23-32-30)38-28(13-20-40-38)24-7-5-4-6-8-24/h4-10,21-23,25,28H,3,11-20H2,1-2H3,(H,32,33,34)/t28-/m1/s1. The minimum Gasteiger partial charge on any atom is -0.492 e. The van der Waals surface area contributed by atoms with Gasteiger partial charge in [0.2, 0.25) is 0 Å². The summed E-state index contributed by atoms with van der Waals surface area (Å²) >= 11 is 0. The summed E-state index contributed by atoms with van der Waals surface area (Å²) < 4.78 is 6.09. The number of hydroxylamine groups is 1. The van der Waals surface area contributed by atoms with Crippen molar-refractivity contribution in [3.05, 3.63) is 66.5 Å². The molecule has 3 saturated heterocycles. The normalized spacial score (nSPS) is 21.1. The monoisotopic (exact) mass is 543 g/mol. The van der Waals surface area contributed by atoms with Crippen LogP contribution in [0, 0.1) is 0 Å². The van der Waals surface area contributed by atoms with E-state index >= 15 is 0 Å². The van der Waals surface area contributed by atoms with Crippen molar-refractivity contribution in [1.29, 1.82) is 0 Å². The number of rotatable bonds is 8. The molecule has 0 bridgehead atoms. The number of benzene rings is 2. The van der Waals surface area contributed by atoms with Crippen LogP contribution >= 0.6 is 0 Å². The Morgan fingerprint density at radius 1 is 0.925 bits per heavy atom. The molecular formula is C31H41N7O2. The average molecular weight is 544 g/mol. The van der Waals surface area contributed by atoms with Crippen molar-refractivity contribution in [2.75, 3.05) is 74.8 Å². The van der Waals surface area contributed by atoms with Gasteiger partial charge in [-0.3, -0.25) is 9.74 Å². The minimum atomic E-state index is 0.127. The van der Waals surface area contributed by atoms with E-state index in [1.165, 1.54) is 50.3 Å². The molecule has 1 aromatic heterocycles. The Morgan fingerprint density at radius 2 is 1.73 bits per heavy atom. The summed E-state index contributed by atoms with van der Waals surface area (Å²) in [6.07, 6.45) is 4.92. The first kappa shape index (κ1) is 26.8. The zero-order valence-corrected chi connectivity index (χ0v) is 23.7. The predicted octanol–water partition coefficient (Wildman–Crippen LogP) is 4.72. The first-order valence-electron chi connectivity index (χ1n) is 14.7. The largest absolute Gasteiger partial charge is 0.492 e. The van der Waals surface area contributed by atoms with Gasteiger partial charge in [-0.15, -0.1) is 0 Å².